The van der Waals surface area contributed by atoms with E-state index in [1.807, 2.05) is 42.5 Å². The van der Waals surface area contributed by atoms with Crippen LogP contribution in [0.4, 0.5) is 0 Å². The Balaban J connectivity index is 2.37. The fraction of sp³-hybridized carbons (Fsp3) is 0. The number of aromatic nitrogens is 2. The zero-order valence-corrected chi connectivity index (χ0v) is 10.1. The molecule has 86 valence electrons. The Labute approximate surface area is 109 Å². The first kappa shape index (κ1) is 10.8. The topological polar surface area (TPSA) is 41.6 Å². The molecular weight excluding hydrogens is 246 g/mol. The van der Waals surface area contributed by atoms with Crippen LogP contribution in [0.25, 0.3) is 22.4 Å². The van der Waals surface area contributed by atoms with Crippen molar-refractivity contribution < 1.29 is 0 Å². The molecule has 18 heavy (non-hydrogen) atoms. The van der Waals surface area contributed by atoms with Gasteiger partial charge in [-0.25, -0.2) is 9.55 Å². The Morgan fingerprint density at radius 3 is 2.56 bits per heavy atom. The molecule has 4 heteroatoms. The molecular formula is C14H8ClN3. The van der Waals surface area contributed by atoms with E-state index in [2.05, 4.69) is 11.2 Å². The Bertz CT molecular complexity index is 768. The first-order valence-electron chi connectivity index (χ1n) is 5.44. The van der Waals surface area contributed by atoms with E-state index in [0.717, 1.165) is 16.6 Å². The van der Waals surface area contributed by atoms with E-state index in [1.165, 1.54) is 4.57 Å². The average Bonchev–Trinajstić information content (AvgIpc) is 2.77. The van der Waals surface area contributed by atoms with E-state index in [1.54, 1.807) is 6.07 Å². The van der Waals surface area contributed by atoms with Crippen LogP contribution in [0.2, 0.25) is 5.02 Å². The number of para-hydroxylation sites is 2. The highest BCUT2D eigenvalue weighted by Gasteiger charge is 2.13. The summed E-state index contributed by atoms with van der Waals surface area (Å²) in [6.45, 7) is 0. The number of hydrogen-bond acceptors (Lipinski definition) is 2. The van der Waals surface area contributed by atoms with Crippen LogP contribution in [0, 0.1) is 11.5 Å². The summed E-state index contributed by atoms with van der Waals surface area (Å²) in [4.78, 5) is 4.47. The summed E-state index contributed by atoms with van der Waals surface area (Å²) in [5, 5.41) is 9.87. The van der Waals surface area contributed by atoms with E-state index in [4.69, 9.17) is 11.6 Å². The standard InChI is InChI=1S/C14H8ClN3/c15-11-6-2-1-5-10(11)14-17-12-7-3-4-8-13(12)18(14)9-16/h1-8H. The molecule has 0 saturated heterocycles. The van der Waals surface area contributed by atoms with Crippen molar-refractivity contribution in [2.75, 3.05) is 0 Å². The van der Waals surface area contributed by atoms with Crippen LogP contribution in [0.5, 0.6) is 0 Å². The third kappa shape index (κ3) is 1.55. The molecule has 3 rings (SSSR count). The minimum Gasteiger partial charge on any atom is -0.228 e. The minimum atomic E-state index is 0.573. The van der Waals surface area contributed by atoms with Crippen molar-refractivity contribution in [3.63, 3.8) is 0 Å². The second-order valence-electron chi connectivity index (χ2n) is 3.84. The van der Waals surface area contributed by atoms with Crippen LogP contribution in [0.1, 0.15) is 0 Å². The van der Waals surface area contributed by atoms with Crippen LogP contribution in [-0.4, -0.2) is 9.55 Å². The Morgan fingerprint density at radius 2 is 1.78 bits per heavy atom. The predicted octanol–water partition coefficient (Wildman–Crippen LogP) is 3.69. The lowest BCUT2D eigenvalue weighted by Gasteiger charge is -2.01. The third-order valence-corrected chi connectivity index (χ3v) is 3.11. The highest BCUT2D eigenvalue weighted by atomic mass is 35.5. The van der Waals surface area contributed by atoms with Gasteiger partial charge >= 0.3 is 0 Å². The number of imidazole rings is 1. The molecule has 0 amide bonds. The molecule has 0 aliphatic rings. The minimum absolute atomic E-state index is 0.573. The SMILES string of the molecule is N#Cn1c(-c2ccccc2Cl)nc2ccccc21. The van der Waals surface area contributed by atoms with Crippen LogP contribution < -0.4 is 0 Å². The van der Waals surface area contributed by atoms with Gasteiger partial charge in [0.05, 0.1) is 16.1 Å². The molecule has 0 atom stereocenters. The fourth-order valence-electron chi connectivity index (χ4n) is 1.95. The summed E-state index contributed by atoms with van der Waals surface area (Å²) in [7, 11) is 0. The van der Waals surface area contributed by atoms with E-state index in [0.29, 0.717) is 10.8 Å². The molecule has 0 N–H and O–H groups in total. The maximum atomic E-state index is 9.29. The van der Waals surface area contributed by atoms with Gasteiger partial charge in [-0.05, 0) is 24.3 Å². The zero-order valence-electron chi connectivity index (χ0n) is 9.34. The third-order valence-electron chi connectivity index (χ3n) is 2.78. The van der Waals surface area contributed by atoms with Crippen molar-refractivity contribution in [2.45, 2.75) is 0 Å². The zero-order chi connectivity index (χ0) is 12.5. The molecule has 0 bridgehead atoms. The lowest BCUT2D eigenvalue weighted by Crippen LogP contribution is -1.92. The van der Waals surface area contributed by atoms with Gasteiger partial charge in [0.25, 0.3) is 0 Å². The van der Waals surface area contributed by atoms with Gasteiger partial charge in [0.1, 0.15) is 0 Å². The van der Waals surface area contributed by atoms with Crippen LogP contribution in [0.15, 0.2) is 48.5 Å². The summed E-state index contributed by atoms with van der Waals surface area (Å²) < 4.78 is 1.50. The van der Waals surface area contributed by atoms with Gasteiger partial charge < -0.3 is 0 Å². The van der Waals surface area contributed by atoms with Crippen molar-refractivity contribution in [1.82, 2.24) is 9.55 Å². The number of nitriles is 1. The van der Waals surface area contributed by atoms with E-state index >= 15 is 0 Å². The van der Waals surface area contributed by atoms with Gasteiger partial charge in [-0.1, -0.05) is 35.9 Å². The summed E-state index contributed by atoms with van der Waals surface area (Å²) in [6, 6.07) is 14.9. The maximum Gasteiger partial charge on any atom is 0.190 e. The summed E-state index contributed by atoms with van der Waals surface area (Å²) >= 11 is 6.15. The average molecular weight is 254 g/mol. The molecule has 0 radical (unpaired) electrons. The van der Waals surface area contributed by atoms with Gasteiger partial charge in [0.15, 0.2) is 12.0 Å². The van der Waals surface area contributed by atoms with Crippen LogP contribution in [0.3, 0.4) is 0 Å². The van der Waals surface area contributed by atoms with Crippen LogP contribution >= 0.6 is 11.6 Å². The van der Waals surface area contributed by atoms with Gasteiger partial charge in [0, 0.05) is 5.56 Å². The Morgan fingerprint density at radius 1 is 1.06 bits per heavy atom. The highest BCUT2D eigenvalue weighted by Crippen LogP contribution is 2.29. The number of hydrogen-bond donors (Lipinski definition) is 0. The molecule has 3 nitrogen and oxygen atoms in total. The van der Waals surface area contributed by atoms with Gasteiger partial charge in [-0.3, -0.25) is 0 Å². The number of rotatable bonds is 1. The molecule has 0 saturated carbocycles. The molecule has 0 fully saturated rings. The first-order valence-corrected chi connectivity index (χ1v) is 5.81. The number of benzene rings is 2. The smallest absolute Gasteiger partial charge is 0.190 e. The highest BCUT2D eigenvalue weighted by molar-refractivity contribution is 6.33. The second kappa shape index (κ2) is 4.17. The van der Waals surface area contributed by atoms with Gasteiger partial charge in [0.2, 0.25) is 0 Å². The molecule has 0 spiro atoms. The molecule has 2 aromatic carbocycles. The predicted molar refractivity (Wildman–Crippen MR) is 71.2 cm³/mol. The van der Waals surface area contributed by atoms with Gasteiger partial charge in [-0.15, -0.1) is 0 Å². The lowest BCUT2D eigenvalue weighted by molar-refractivity contribution is 1.12. The fourth-order valence-corrected chi connectivity index (χ4v) is 2.17. The normalized spacial score (nSPS) is 10.4. The summed E-state index contributed by atoms with van der Waals surface area (Å²) in [6.07, 6.45) is 2.14. The molecule has 0 aliphatic heterocycles. The first-order chi connectivity index (χ1) is 8.81. The molecule has 3 aromatic rings. The molecule has 1 heterocycles. The molecule has 0 unspecified atom stereocenters. The molecule has 1 aromatic heterocycles. The van der Waals surface area contributed by atoms with E-state index in [-0.39, 0.29) is 0 Å². The van der Waals surface area contributed by atoms with Crippen molar-refractivity contribution in [2.24, 2.45) is 0 Å². The van der Waals surface area contributed by atoms with E-state index < -0.39 is 0 Å². The van der Waals surface area contributed by atoms with E-state index in [9.17, 15) is 5.26 Å². The maximum absolute atomic E-state index is 9.29. The quantitative estimate of drug-likeness (QED) is 0.664. The Kier molecular flexibility index (Phi) is 2.51. The number of fused-ring (bicyclic) bond motifs is 1. The van der Waals surface area contributed by atoms with Crippen molar-refractivity contribution in [3.05, 3.63) is 53.6 Å². The Hall–Kier alpha value is -2.31. The summed E-state index contributed by atoms with van der Waals surface area (Å²) in [5.74, 6) is 0.573. The molecule has 0 aliphatic carbocycles. The monoisotopic (exact) mass is 253 g/mol. The van der Waals surface area contributed by atoms with Gasteiger partial charge in [-0.2, -0.15) is 5.26 Å². The summed E-state index contributed by atoms with van der Waals surface area (Å²) in [5.41, 5.74) is 2.33. The van der Waals surface area contributed by atoms with Crippen LogP contribution in [-0.2, 0) is 0 Å². The lowest BCUT2D eigenvalue weighted by atomic mass is 10.2. The largest absolute Gasteiger partial charge is 0.228 e. The second-order valence-corrected chi connectivity index (χ2v) is 4.25. The number of halogens is 1. The van der Waals surface area contributed by atoms with Crippen molar-refractivity contribution in [1.29, 1.82) is 5.26 Å². The number of nitrogens with zero attached hydrogens (tertiary/aromatic N) is 3. The van der Waals surface area contributed by atoms with Crippen molar-refractivity contribution >= 4 is 22.6 Å². The van der Waals surface area contributed by atoms with Crippen molar-refractivity contribution in [3.8, 4) is 17.6 Å².